The molecule has 1 fully saturated rings. The Bertz CT molecular complexity index is 1330. The van der Waals surface area contributed by atoms with Gasteiger partial charge in [-0.15, -0.1) is 0 Å². The van der Waals surface area contributed by atoms with E-state index in [-0.39, 0.29) is 18.0 Å². The molecule has 3 N–H and O–H groups in total. The number of rotatable bonds is 6. The van der Waals surface area contributed by atoms with Crippen molar-refractivity contribution in [1.82, 2.24) is 15.3 Å². The van der Waals surface area contributed by atoms with Gasteiger partial charge in [0.2, 0.25) is 5.91 Å². The van der Waals surface area contributed by atoms with Gasteiger partial charge in [-0.1, -0.05) is 18.7 Å². The summed E-state index contributed by atoms with van der Waals surface area (Å²) < 4.78 is 0. The molecule has 2 aliphatic rings. The van der Waals surface area contributed by atoms with E-state index in [2.05, 4.69) is 49.5 Å². The molecule has 0 saturated carbocycles. The lowest BCUT2D eigenvalue weighted by Crippen LogP contribution is -2.59. The SMILES string of the molecule is C=CC(=O)NC1CN(c2ccnc(NC(=O)Nc3ccc(C4=Cc5c(ccnc5C)C4)cc3)c2)C1. The zero-order valence-electron chi connectivity index (χ0n) is 19.4. The Labute approximate surface area is 203 Å². The number of nitrogens with one attached hydrogen (secondary N) is 3. The average Bonchev–Trinajstić information content (AvgIpc) is 3.27. The maximum absolute atomic E-state index is 12.5. The molecule has 1 saturated heterocycles. The first-order chi connectivity index (χ1) is 17.0. The Kier molecular flexibility index (Phi) is 6.01. The summed E-state index contributed by atoms with van der Waals surface area (Å²) in [7, 11) is 0. The number of aromatic nitrogens is 2. The van der Waals surface area contributed by atoms with Gasteiger partial charge in [0, 0.05) is 48.6 Å². The second kappa shape index (κ2) is 9.42. The van der Waals surface area contributed by atoms with Crippen molar-refractivity contribution in [3.8, 4) is 0 Å². The van der Waals surface area contributed by atoms with Crippen LogP contribution in [0.1, 0.15) is 22.4 Å². The summed E-state index contributed by atoms with van der Waals surface area (Å²) in [5, 5.41) is 8.51. The van der Waals surface area contributed by atoms with Gasteiger partial charge in [-0.2, -0.15) is 0 Å². The zero-order chi connectivity index (χ0) is 24.4. The first-order valence-electron chi connectivity index (χ1n) is 11.5. The summed E-state index contributed by atoms with van der Waals surface area (Å²) in [6, 6.07) is 13.3. The predicted molar refractivity (Wildman–Crippen MR) is 138 cm³/mol. The number of amides is 3. The summed E-state index contributed by atoms with van der Waals surface area (Å²) in [6.07, 6.45) is 7.85. The predicted octanol–water partition coefficient (Wildman–Crippen LogP) is 4.02. The number of pyridine rings is 2. The molecule has 2 aromatic heterocycles. The Hall–Kier alpha value is -4.46. The van der Waals surface area contributed by atoms with Gasteiger partial charge in [0.15, 0.2) is 0 Å². The van der Waals surface area contributed by atoms with Crippen LogP contribution in [0, 0.1) is 6.92 Å². The molecule has 0 unspecified atom stereocenters. The molecular formula is C27H26N6O2. The molecule has 3 amide bonds. The van der Waals surface area contributed by atoms with Gasteiger partial charge in [0.05, 0.1) is 6.04 Å². The normalized spacial score (nSPS) is 14.4. The quantitative estimate of drug-likeness (QED) is 0.477. The number of urea groups is 1. The number of carbonyl (C=O) groups excluding carboxylic acids is 2. The Morgan fingerprint density at radius 1 is 1.06 bits per heavy atom. The molecule has 1 aliphatic heterocycles. The number of fused-ring (bicyclic) bond motifs is 1. The molecule has 0 bridgehead atoms. The molecule has 8 heteroatoms. The highest BCUT2D eigenvalue weighted by molar-refractivity contribution is 5.99. The minimum Gasteiger partial charge on any atom is -0.367 e. The van der Waals surface area contributed by atoms with Crippen molar-refractivity contribution in [1.29, 1.82) is 0 Å². The van der Waals surface area contributed by atoms with Crippen LogP contribution >= 0.6 is 0 Å². The van der Waals surface area contributed by atoms with Crippen LogP contribution in [0.25, 0.3) is 11.6 Å². The highest BCUT2D eigenvalue weighted by Gasteiger charge is 2.28. The summed E-state index contributed by atoms with van der Waals surface area (Å²) in [5.41, 5.74) is 7.52. The van der Waals surface area contributed by atoms with Crippen LogP contribution in [0.4, 0.5) is 22.0 Å². The second-order valence-electron chi connectivity index (χ2n) is 8.69. The molecule has 0 spiro atoms. The smallest absolute Gasteiger partial charge is 0.324 e. The third kappa shape index (κ3) is 4.91. The number of anilines is 3. The van der Waals surface area contributed by atoms with E-state index in [4.69, 9.17) is 0 Å². The summed E-state index contributed by atoms with van der Waals surface area (Å²) >= 11 is 0. The number of aryl methyl sites for hydroxylation is 1. The minimum atomic E-state index is -0.365. The first kappa shape index (κ1) is 22.3. The number of allylic oxidation sites excluding steroid dienone is 1. The van der Waals surface area contributed by atoms with Crippen molar-refractivity contribution in [2.24, 2.45) is 0 Å². The Morgan fingerprint density at radius 3 is 2.57 bits per heavy atom. The van der Waals surface area contributed by atoms with Crippen molar-refractivity contribution >= 4 is 40.8 Å². The van der Waals surface area contributed by atoms with Crippen LogP contribution in [0.3, 0.4) is 0 Å². The lowest BCUT2D eigenvalue weighted by atomic mass is 10.0. The fourth-order valence-electron chi connectivity index (χ4n) is 4.37. The highest BCUT2D eigenvalue weighted by atomic mass is 16.2. The van der Waals surface area contributed by atoms with E-state index in [1.54, 1.807) is 6.20 Å². The molecule has 3 aromatic rings. The largest absolute Gasteiger partial charge is 0.367 e. The molecule has 5 rings (SSSR count). The molecule has 176 valence electrons. The van der Waals surface area contributed by atoms with Crippen molar-refractivity contribution in [3.05, 3.63) is 89.9 Å². The van der Waals surface area contributed by atoms with Crippen LogP contribution < -0.4 is 20.9 Å². The number of benzene rings is 1. The van der Waals surface area contributed by atoms with Crippen LogP contribution in [0.2, 0.25) is 0 Å². The van der Waals surface area contributed by atoms with Crippen molar-refractivity contribution in [2.45, 2.75) is 19.4 Å². The third-order valence-electron chi connectivity index (χ3n) is 6.26. The standard InChI is InChI=1S/C27H26N6O2/c1-3-26(34)30-22-15-33(16-22)23-9-11-29-25(14-23)32-27(35)31-21-6-4-18(5-7-21)20-12-19-8-10-28-17(2)24(19)13-20/h3-11,13-14,22H,1,12,15-16H2,2H3,(H,30,34)(H2,29,31,32,35). The van der Waals surface area contributed by atoms with Crippen molar-refractivity contribution < 1.29 is 9.59 Å². The van der Waals surface area contributed by atoms with E-state index < -0.39 is 0 Å². The number of nitrogens with zero attached hydrogens (tertiary/aromatic N) is 3. The van der Waals surface area contributed by atoms with Gasteiger partial charge >= 0.3 is 6.03 Å². The molecular weight excluding hydrogens is 440 g/mol. The third-order valence-corrected chi connectivity index (χ3v) is 6.26. The second-order valence-corrected chi connectivity index (χ2v) is 8.69. The molecule has 1 aromatic carbocycles. The average molecular weight is 467 g/mol. The van der Waals surface area contributed by atoms with E-state index in [0.29, 0.717) is 24.6 Å². The number of carbonyl (C=O) groups is 2. The monoisotopic (exact) mass is 466 g/mol. The molecule has 8 nitrogen and oxygen atoms in total. The van der Waals surface area contributed by atoms with Gasteiger partial charge in [-0.3, -0.25) is 15.1 Å². The lowest BCUT2D eigenvalue weighted by Gasteiger charge is -2.41. The fourth-order valence-corrected chi connectivity index (χ4v) is 4.37. The van der Waals surface area contributed by atoms with Crippen LogP contribution in [0.5, 0.6) is 0 Å². The van der Waals surface area contributed by atoms with E-state index in [9.17, 15) is 9.59 Å². The molecule has 1 aliphatic carbocycles. The van der Waals surface area contributed by atoms with Gasteiger partial charge < -0.3 is 15.5 Å². The summed E-state index contributed by atoms with van der Waals surface area (Å²) in [4.78, 5) is 34.7. The first-order valence-corrected chi connectivity index (χ1v) is 11.5. The summed E-state index contributed by atoms with van der Waals surface area (Å²) in [5.74, 6) is 0.280. The van der Waals surface area contributed by atoms with Gasteiger partial charge in [0.25, 0.3) is 0 Å². The van der Waals surface area contributed by atoms with Crippen molar-refractivity contribution in [2.75, 3.05) is 28.6 Å². The maximum Gasteiger partial charge on any atom is 0.324 e. The number of hydrogen-bond donors (Lipinski definition) is 3. The van der Waals surface area contributed by atoms with E-state index >= 15 is 0 Å². The van der Waals surface area contributed by atoms with E-state index in [0.717, 1.165) is 23.4 Å². The Balaban J connectivity index is 1.16. The molecule has 35 heavy (non-hydrogen) atoms. The molecule has 0 atom stereocenters. The topological polar surface area (TPSA) is 99.3 Å². The van der Waals surface area contributed by atoms with Gasteiger partial charge in [-0.25, -0.2) is 9.78 Å². The van der Waals surface area contributed by atoms with E-state index in [1.807, 2.05) is 49.5 Å². The fraction of sp³-hybridized carbons (Fsp3) is 0.185. The van der Waals surface area contributed by atoms with E-state index in [1.165, 1.54) is 22.8 Å². The summed E-state index contributed by atoms with van der Waals surface area (Å²) in [6.45, 7) is 6.88. The van der Waals surface area contributed by atoms with Crippen LogP contribution in [-0.4, -0.2) is 41.0 Å². The molecule has 3 heterocycles. The zero-order valence-corrected chi connectivity index (χ0v) is 19.4. The van der Waals surface area contributed by atoms with Crippen molar-refractivity contribution in [3.63, 3.8) is 0 Å². The lowest BCUT2D eigenvalue weighted by molar-refractivity contribution is -0.117. The highest BCUT2D eigenvalue weighted by Crippen LogP contribution is 2.33. The van der Waals surface area contributed by atoms with Gasteiger partial charge in [-0.05, 0) is 72.0 Å². The van der Waals surface area contributed by atoms with Crippen LogP contribution in [0.15, 0.2) is 67.5 Å². The minimum absolute atomic E-state index is 0.0891. The molecule has 0 radical (unpaired) electrons. The Morgan fingerprint density at radius 2 is 1.83 bits per heavy atom. The number of hydrogen-bond acceptors (Lipinski definition) is 5. The van der Waals surface area contributed by atoms with Gasteiger partial charge in [0.1, 0.15) is 5.82 Å². The van der Waals surface area contributed by atoms with Crippen LogP contribution in [-0.2, 0) is 11.2 Å². The maximum atomic E-state index is 12.5.